The van der Waals surface area contributed by atoms with Crippen LogP contribution in [0, 0.1) is 0 Å². The molecule has 21 heavy (non-hydrogen) atoms. The van der Waals surface area contributed by atoms with E-state index in [4.69, 9.17) is 10.5 Å². The first-order valence-electron chi connectivity index (χ1n) is 7.22. The van der Waals surface area contributed by atoms with E-state index in [0.717, 1.165) is 18.0 Å². The maximum absolute atomic E-state index is 12.2. The van der Waals surface area contributed by atoms with Gasteiger partial charge in [0, 0.05) is 30.6 Å². The van der Waals surface area contributed by atoms with Gasteiger partial charge in [0.1, 0.15) is 4.21 Å². The molecule has 118 valence electrons. The Morgan fingerprint density at radius 1 is 1.48 bits per heavy atom. The third-order valence-corrected chi connectivity index (χ3v) is 7.09. The van der Waals surface area contributed by atoms with Gasteiger partial charge in [-0.05, 0) is 31.5 Å². The van der Waals surface area contributed by atoms with Gasteiger partial charge >= 0.3 is 0 Å². The lowest BCUT2D eigenvalue weighted by Crippen LogP contribution is -2.49. The smallest absolute Gasteiger partial charge is 0.250 e. The van der Waals surface area contributed by atoms with Crippen LogP contribution >= 0.6 is 11.3 Å². The zero-order valence-corrected chi connectivity index (χ0v) is 13.5. The van der Waals surface area contributed by atoms with Crippen molar-refractivity contribution in [3.05, 3.63) is 17.0 Å². The Morgan fingerprint density at radius 2 is 2.33 bits per heavy atom. The third kappa shape index (κ3) is 3.46. The summed E-state index contributed by atoms with van der Waals surface area (Å²) in [5.41, 5.74) is 5.52. The van der Waals surface area contributed by atoms with Crippen molar-refractivity contribution < 1.29 is 13.2 Å². The molecule has 0 aromatic carbocycles. The van der Waals surface area contributed by atoms with Crippen LogP contribution in [0.3, 0.4) is 0 Å². The topological polar surface area (TPSA) is 84.7 Å². The molecule has 0 radical (unpaired) electrons. The van der Waals surface area contributed by atoms with Crippen LogP contribution in [0.5, 0.6) is 0 Å². The Labute approximate surface area is 129 Å². The monoisotopic (exact) mass is 331 g/mol. The predicted octanol–water partition coefficient (Wildman–Crippen LogP) is 0.348. The summed E-state index contributed by atoms with van der Waals surface area (Å²) in [4.78, 5) is 3.27. The highest BCUT2D eigenvalue weighted by atomic mass is 32.2. The fourth-order valence-corrected chi connectivity index (χ4v) is 5.24. The summed E-state index contributed by atoms with van der Waals surface area (Å²) in [5.74, 6) is 0. The summed E-state index contributed by atoms with van der Waals surface area (Å²) in [7, 11) is -3.46. The number of thiophene rings is 1. The zero-order chi connectivity index (χ0) is 14.9. The molecule has 2 saturated heterocycles. The highest BCUT2D eigenvalue weighted by Crippen LogP contribution is 2.23. The normalized spacial score (nSPS) is 26.9. The highest BCUT2D eigenvalue weighted by molar-refractivity contribution is 7.91. The molecule has 0 amide bonds. The van der Waals surface area contributed by atoms with Crippen molar-refractivity contribution in [2.24, 2.45) is 5.73 Å². The van der Waals surface area contributed by atoms with Crippen LogP contribution in [-0.2, 0) is 21.3 Å². The van der Waals surface area contributed by atoms with Gasteiger partial charge in [0.15, 0.2) is 0 Å². The lowest BCUT2D eigenvalue weighted by atomic mass is 10.2. The van der Waals surface area contributed by atoms with Gasteiger partial charge in [-0.3, -0.25) is 4.90 Å². The summed E-state index contributed by atoms with van der Waals surface area (Å²) in [6.45, 7) is 3.31. The van der Waals surface area contributed by atoms with Crippen molar-refractivity contribution in [3.8, 4) is 0 Å². The Kier molecular flexibility index (Phi) is 4.63. The fourth-order valence-electron chi connectivity index (χ4n) is 2.90. The van der Waals surface area contributed by atoms with Gasteiger partial charge in [0.05, 0.1) is 12.7 Å². The molecular formula is C13H21N3O3S2. The first-order chi connectivity index (χ1) is 10.1. The lowest BCUT2D eigenvalue weighted by Gasteiger charge is -2.35. The Bertz CT molecular complexity index is 587. The zero-order valence-electron chi connectivity index (χ0n) is 11.8. The van der Waals surface area contributed by atoms with Crippen LogP contribution in [0.4, 0.5) is 0 Å². The van der Waals surface area contributed by atoms with Crippen molar-refractivity contribution in [2.45, 2.75) is 35.7 Å². The van der Waals surface area contributed by atoms with E-state index in [9.17, 15) is 8.42 Å². The Hall–Kier alpha value is -0.510. The summed E-state index contributed by atoms with van der Waals surface area (Å²) < 4.78 is 33.2. The second-order valence-electron chi connectivity index (χ2n) is 5.52. The third-order valence-electron chi connectivity index (χ3n) is 4.07. The summed E-state index contributed by atoms with van der Waals surface area (Å²) in [5, 5.41) is 0. The molecule has 6 nitrogen and oxygen atoms in total. The van der Waals surface area contributed by atoms with E-state index in [2.05, 4.69) is 9.62 Å². The van der Waals surface area contributed by atoms with E-state index in [1.54, 1.807) is 12.1 Å². The highest BCUT2D eigenvalue weighted by Gasteiger charge is 2.32. The minimum Gasteiger partial charge on any atom is -0.374 e. The molecule has 3 rings (SSSR count). The van der Waals surface area contributed by atoms with Crippen molar-refractivity contribution in [1.29, 1.82) is 0 Å². The summed E-state index contributed by atoms with van der Waals surface area (Å²) in [6.07, 6.45) is 2.34. The van der Waals surface area contributed by atoms with Gasteiger partial charge in [-0.2, -0.15) is 0 Å². The van der Waals surface area contributed by atoms with Crippen LogP contribution < -0.4 is 10.5 Å². The van der Waals surface area contributed by atoms with Crippen LogP contribution in [-0.4, -0.2) is 51.7 Å². The van der Waals surface area contributed by atoms with E-state index in [0.29, 0.717) is 29.9 Å². The van der Waals surface area contributed by atoms with Crippen molar-refractivity contribution in [2.75, 3.05) is 26.2 Å². The van der Waals surface area contributed by atoms with E-state index >= 15 is 0 Å². The molecular weight excluding hydrogens is 310 g/mol. The maximum Gasteiger partial charge on any atom is 0.250 e. The number of nitrogens with two attached hydrogens (primary N) is 1. The molecule has 0 aliphatic carbocycles. The molecule has 2 atom stereocenters. The molecule has 0 spiro atoms. The van der Waals surface area contributed by atoms with Gasteiger partial charge in [-0.25, -0.2) is 13.1 Å². The second kappa shape index (κ2) is 6.31. The van der Waals surface area contributed by atoms with Crippen molar-refractivity contribution in [1.82, 2.24) is 9.62 Å². The summed E-state index contributed by atoms with van der Waals surface area (Å²) >= 11 is 1.22. The largest absolute Gasteiger partial charge is 0.374 e. The SMILES string of the molecule is NCc1ccc(S(=O)(=O)NCC2CN3CCCC3CO2)s1. The van der Waals surface area contributed by atoms with Gasteiger partial charge in [-0.15, -0.1) is 11.3 Å². The molecule has 1 aromatic rings. The lowest BCUT2D eigenvalue weighted by molar-refractivity contribution is -0.0448. The molecule has 2 aliphatic heterocycles. The predicted molar refractivity (Wildman–Crippen MR) is 81.7 cm³/mol. The van der Waals surface area contributed by atoms with Gasteiger partial charge in [0.25, 0.3) is 0 Å². The summed E-state index contributed by atoms with van der Waals surface area (Å²) in [6, 6.07) is 3.89. The molecule has 2 fully saturated rings. The van der Waals surface area contributed by atoms with E-state index in [-0.39, 0.29) is 6.10 Å². The molecule has 0 bridgehead atoms. The van der Waals surface area contributed by atoms with Crippen molar-refractivity contribution >= 4 is 21.4 Å². The average Bonchev–Trinajstić information content (AvgIpc) is 3.13. The number of hydrogen-bond acceptors (Lipinski definition) is 6. The molecule has 1 aromatic heterocycles. The number of nitrogens with zero attached hydrogens (tertiary/aromatic N) is 1. The molecule has 3 N–H and O–H groups in total. The molecule has 0 saturated carbocycles. The number of fused-ring (bicyclic) bond motifs is 1. The van der Waals surface area contributed by atoms with Crippen LogP contribution in [0.2, 0.25) is 0 Å². The van der Waals surface area contributed by atoms with E-state index in [1.807, 2.05) is 0 Å². The van der Waals surface area contributed by atoms with Gasteiger partial charge < -0.3 is 10.5 Å². The quantitative estimate of drug-likeness (QED) is 0.813. The van der Waals surface area contributed by atoms with Gasteiger partial charge in [0.2, 0.25) is 10.0 Å². The average molecular weight is 331 g/mol. The number of nitrogens with one attached hydrogen (secondary N) is 1. The van der Waals surface area contributed by atoms with Crippen LogP contribution in [0.1, 0.15) is 17.7 Å². The maximum atomic E-state index is 12.2. The fraction of sp³-hybridized carbons (Fsp3) is 0.692. The first kappa shape index (κ1) is 15.4. The molecule has 8 heteroatoms. The molecule has 2 unspecified atom stereocenters. The Balaban J connectivity index is 1.56. The van der Waals surface area contributed by atoms with Crippen LogP contribution in [0.15, 0.2) is 16.3 Å². The van der Waals surface area contributed by atoms with Gasteiger partial charge in [-0.1, -0.05) is 0 Å². The first-order valence-corrected chi connectivity index (χ1v) is 9.52. The number of hydrogen-bond donors (Lipinski definition) is 2. The van der Waals surface area contributed by atoms with Crippen molar-refractivity contribution in [3.63, 3.8) is 0 Å². The number of sulfonamides is 1. The Morgan fingerprint density at radius 3 is 3.10 bits per heavy atom. The van der Waals surface area contributed by atoms with Crippen LogP contribution in [0.25, 0.3) is 0 Å². The molecule has 2 aliphatic rings. The van der Waals surface area contributed by atoms with E-state index < -0.39 is 10.0 Å². The standard InChI is InChI=1S/C13H21N3O3S2/c14-6-12-3-4-13(20-12)21(17,18)15-7-11-8-16-5-1-2-10(16)9-19-11/h3-4,10-11,15H,1-2,5-9,14H2. The molecule has 3 heterocycles. The number of rotatable bonds is 5. The minimum absolute atomic E-state index is 0.0666. The number of ether oxygens (including phenoxy) is 1. The minimum atomic E-state index is -3.46. The number of morpholine rings is 1. The second-order valence-corrected chi connectivity index (χ2v) is 8.69. The van der Waals surface area contributed by atoms with E-state index in [1.165, 1.54) is 24.2 Å².